The maximum Gasteiger partial charge on any atom is 0.212 e. The Kier molecular flexibility index (Phi) is 4.82. The third-order valence-electron chi connectivity index (χ3n) is 2.82. The molecule has 0 aliphatic heterocycles. The highest BCUT2D eigenvalue weighted by molar-refractivity contribution is 7.98. The van der Waals surface area contributed by atoms with Crippen molar-refractivity contribution in [3.8, 4) is 0 Å². The molecule has 0 radical (unpaired) electrons. The second-order valence-electron chi connectivity index (χ2n) is 4.34. The van der Waals surface area contributed by atoms with Crippen LogP contribution in [0.1, 0.15) is 11.3 Å². The van der Waals surface area contributed by atoms with E-state index in [0.29, 0.717) is 10.9 Å². The minimum atomic E-state index is 0.701. The molecular formula is C15H12ClN5S. The first-order chi connectivity index (χ1) is 10.8. The first-order valence-corrected chi connectivity index (χ1v) is 7.91. The number of pyridine rings is 1. The summed E-state index contributed by atoms with van der Waals surface area (Å²) in [5.74, 6) is 0.706. The van der Waals surface area contributed by atoms with E-state index in [2.05, 4.69) is 20.3 Å². The van der Waals surface area contributed by atoms with E-state index in [4.69, 9.17) is 11.6 Å². The van der Waals surface area contributed by atoms with Crippen molar-refractivity contribution < 1.29 is 0 Å². The third kappa shape index (κ3) is 3.72. The zero-order valence-corrected chi connectivity index (χ0v) is 13.1. The lowest BCUT2D eigenvalue weighted by Crippen LogP contribution is -1.94. The fourth-order valence-corrected chi connectivity index (χ4v) is 2.87. The van der Waals surface area contributed by atoms with Crippen LogP contribution in [0.25, 0.3) is 0 Å². The van der Waals surface area contributed by atoms with E-state index in [9.17, 15) is 0 Å². The molecule has 0 atom stereocenters. The summed E-state index contributed by atoms with van der Waals surface area (Å²) < 4.78 is 1.62. The zero-order valence-electron chi connectivity index (χ0n) is 11.5. The molecule has 0 saturated carbocycles. The fraction of sp³-hybridized carbons (Fsp3) is 0.0667. The van der Waals surface area contributed by atoms with Gasteiger partial charge in [0.05, 0.1) is 11.9 Å². The SMILES string of the molecule is Clc1ccccc1CSc1nncn1/N=C\c1ccccn1. The molecule has 3 rings (SSSR count). The Bertz CT molecular complexity index is 772. The second kappa shape index (κ2) is 7.20. The molecule has 5 nitrogen and oxygen atoms in total. The lowest BCUT2D eigenvalue weighted by atomic mass is 10.2. The summed E-state index contributed by atoms with van der Waals surface area (Å²) in [5.41, 5.74) is 1.83. The standard InChI is InChI=1S/C15H12ClN5S/c16-14-7-2-1-5-12(14)10-22-15-20-18-11-21(15)19-9-13-6-3-4-8-17-13/h1-9,11H,10H2/b19-9-. The van der Waals surface area contributed by atoms with Crippen molar-refractivity contribution in [3.63, 3.8) is 0 Å². The predicted molar refractivity (Wildman–Crippen MR) is 88.3 cm³/mol. The Morgan fingerprint density at radius 1 is 1.18 bits per heavy atom. The highest BCUT2D eigenvalue weighted by Crippen LogP contribution is 2.25. The lowest BCUT2D eigenvalue weighted by molar-refractivity contribution is 0.766. The van der Waals surface area contributed by atoms with Gasteiger partial charge in [0.25, 0.3) is 0 Å². The number of nitrogens with zero attached hydrogens (tertiary/aromatic N) is 5. The Labute approximate surface area is 137 Å². The Balaban J connectivity index is 1.70. The van der Waals surface area contributed by atoms with Gasteiger partial charge in [-0.15, -0.1) is 10.2 Å². The van der Waals surface area contributed by atoms with Crippen LogP contribution in [0.3, 0.4) is 0 Å². The van der Waals surface area contributed by atoms with Crippen molar-refractivity contribution in [1.82, 2.24) is 19.9 Å². The van der Waals surface area contributed by atoms with Crippen LogP contribution in [0.4, 0.5) is 0 Å². The molecule has 0 spiro atoms. The molecular weight excluding hydrogens is 318 g/mol. The molecule has 3 aromatic rings. The fourth-order valence-electron chi connectivity index (χ4n) is 1.72. The van der Waals surface area contributed by atoms with Crippen LogP contribution in [0.2, 0.25) is 5.02 Å². The van der Waals surface area contributed by atoms with E-state index in [-0.39, 0.29) is 0 Å². The van der Waals surface area contributed by atoms with Gasteiger partial charge in [0.1, 0.15) is 6.33 Å². The van der Waals surface area contributed by atoms with Gasteiger partial charge in [-0.3, -0.25) is 4.98 Å². The summed E-state index contributed by atoms with van der Waals surface area (Å²) in [6.45, 7) is 0. The van der Waals surface area contributed by atoms with Crippen molar-refractivity contribution in [2.24, 2.45) is 5.10 Å². The van der Waals surface area contributed by atoms with Gasteiger partial charge >= 0.3 is 0 Å². The average molecular weight is 330 g/mol. The quantitative estimate of drug-likeness (QED) is 0.531. The van der Waals surface area contributed by atoms with Gasteiger partial charge in [-0.1, -0.05) is 47.6 Å². The molecule has 0 unspecified atom stereocenters. The van der Waals surface area contributed by atoms with E-state index in [0.717, 1.165) is 16.3 Å². The number of thioether (sulfide) groups is 1. The first kappa shape index (κ1) is 14.7. The summed E-state index contributed by atoms with van der Waals surface area (Å²) in [6, 6.07) is 13.4. The van der Waals surface area contributed by atoms with Gasteiger partial charge in [-0.2, -0.15) is 9.78 Å². The maximum atomic E-state index is 6.15. The molecule has 110 valence electrons. The smallest absolute Gasteiger partial charge is 0.212 e. The minimum absolute atomic E-state index is 0.701. The van der Waals surface area contributed by atoms with Crippen LogP contribution in [-0.2, 0) is 5.75 Å². The van der Waals surface area contributed by atoms with E-state index < -0.39 is 0 Å². The average Bonchev–Trinajstić information content (AvgIpc) is 3.01. The second-order valence-corrected chi connectivity index (χ2v) is 5.69. The van der Waals surface area contributed by atoms with Crippen molar-refractivity contribution in [1.29, 1.82) is 0 Å². The summed E-state index contributed by atoms with van der Waals surface area (Å²) in [7, 11) is 0. The van der Waals surface area contributed by atoms with Crippen LogP contribution in [0, 0.1) is 0 Å². The van der Waals surface area contributed by atoms with Gasteiger partial charge in [-0.25, -0.2) is 0 Å². The number of rotatable bonds is 5. The van der Waals surface area contributed by atoms with Crippen LogP contribution in [-0.4, -0.2) is 26.1 Å². The third-order valence-corrected chi connectivity index (χ3v) is 4.17. The molecule has 0 amide bonds. The van der Waals surface area contributed by atoms with E-state index >= 15 is 0 Å². The zero-order chi connectivity index (χ0) is 15.2. The maximum absolute atomic E-state index is 6.15. The van der Waals surface area contributed by atoms with Gasteiger partial charge in [-0.05, 0) is 23.8 Å². The molecule has 1 aromatic carbocycles. The highest BCUT2D eigenvalue weighted by atomic mass is 35.5. The van der Waals surface area contributed by atoms with Gasteiger partial charge < -0.3 is 0 Å². The van der Waals surface area contributed by atoms with Crippen LogP contribution in [0.15, 0.2) is 65.2 Å². The molecule has 0 aliphatic rings. The topological polar surface area (TPSA) is 56.0 Å². The number of hydrogen-bond donors (Lipinski definition) is 0. The number of halogens is 1. The molecule has 2 aromatic heterocycles. The van der Waals surface area contributed by atoms with E-state index in [1.165, 1.54) is 11.8 Å². The van der Waals surface area contributed by atoms with E-state index in [1.54, 1.807) is 23.4 Å². The van der Waals surface area contributed by atoms with Crippen molar-refractivity contribution >= 4 is 29.6 Å². The summed E-state index contributed by atoms with van der Waals surface area (Å²) >= 11 is 7.68. The summed E-state index contributed by atoms with van der Waals surface area (Å²) in [6.07, 6.45) is 4.96. The summed E-state index contributed by atoms with van der Waals surface area (Å²) in [4.78, 5) is 4.19. The normalized spacial score (nSPS) is 11.1. The Morgan fingerprint density at radius 2 is 2.05 bits per heavy atom. The molecule has 0 N–H and O–H groups in total. The molecule has 0 saturated heterocycles. The largest absolute Gasteiger partial charge is 0.255 e. The monoisotopic (exact) mass is 329 g/mol. The van der Waals surface area contributed by atoms with Crippen molar-refractivity contribution in [2.45, 2.75) is 10.9 Å². The van der Waals surface area contributed by atoms with Crippen molar-refractivity contribution in [2.75, 3.05) is 0 Å². The Hall–Kier alpha value is -2.18. The van der Waals surface area contributed by atoms with Gasteiger partial charge in [0.2, 0.25) is 5.16 Å². The number of benzene rings is 1. The molecule has 7 heteroatoms. The lowest BCUT2D eigenvalue weighted by Gasteiger charge is -2.03. The van der Waals surface area contributed by atoms with E-state index in [1.807, 2.05) is 42.5 Å². The summed E-state index contributed by atoms with van der Waals surface area (Å²) in [5, 5.41) is 13.7. The number of aromatic nitrogens is 4. The minimum Gasteiger partial charge on any atom is -0.255 e. The highest BCUT2D eigenvalue weighted by Gasteiger charge is 2.06. The molecule has 0 fully saturated rings. The number of hydrogen-bond acceptors (Lipinski definition) is 5. The van der Waals surface area contributed by atoms with Gasteiger partial charge in [0, 0.05) is 17.0 Å². The van der Waals surface area contributed by atoms with Gasteiger partial charge in [0.15, 0.2) is 0 Å². The van der Waals surface area contributed by atoms with Crippen LogP contribution in [0.5, 0.6) is 0 Å². The van der Waals surface area contributed by atoms with Crippen molar-refractivity contribution in [3.05, 3.63) is 71.3 Å². The molecule has 22 heavy (non-hydrogen) atoms. The van der Waals surface area contributed by atoms with Crippen LogP contribution < -0.4 is 0 Å². The predicted octanol–water partition coefficient (Wildman–Crippen LogP) is 3.50. The molecule has 0 aliphatic carbocycles. The molecule has 0 bridgehead atoms. The Morgan fingerprint density at radius 3 is 2.86 bits per heavy atom. The molecule has 2 heterocycles. The first-order valence-electron chi connectivity index (χ1n) is 6.54. The van der Waals surface area contributed by atoms with Crippen LogP contribution >= 0.6 is 23.4 Å².